The van der Waals surface area contributed by atoms with Crippen LogP contribution in [0.3, 0.4) is 0 Å². The molecular formula is C10H16BrN3O2S. The van der Waals surface area contributed by atoms with Crippen molar-refractivity contribution in [1.82, 2.24) is 14.8 Å². The van der Waals surface area contributed by atoms with Gasteiger partial charge in [0.05, 0.1) is 0 Å². The first-order chi connectivity index (χ1) is 8.17. The van der Waals surface area contributed by atoms with Gasteiger partial charge in [-0.3, -0.25) is 4.57 Å². The van der Waals surface area contributed by atoms with Gasteiger partial charge in [0.15, 0.2) is 5.16 Å². The third-order valence-corrected chi connectivity index (χ3v) is 5.75. The van der Waals surface area contributed by atoms with Crippen LogP contribution in [0.1, 0.15) is 12.8 Å². The zero-order valence-corrected chi connectivity index (χ0v) is 12.1. The quantitative estimate of drug-likeness (QED) is 0.672. The van der Waals surface area contributed by atoms with Crippen molar-refractivity contribution < 1.29 is 4.74 Å². The van der Waals surface area contributed by atoms with Gasteiger partial charge in [-0.25, -0.2) is 9.89 Å². The van der Waals surface area contributed by atoms with Crippen LogP contribution in [0.25, 0.3) is 0 Å². The number of nitrogens with zero attached hydrogens (tertiary/aromatic N) is 2. The molecule has 0 bridgehead atoms. The summed E-state index contributed by atoms with van der Waals surface area (Å²) in [5.74, 6) is 0.958. The molecule has 1 aliphatic heterocycles. The molecule has 1 N–H and O–H groups in total. The lowest BCUT2D eigenvalue weighted by molar-refractivity contribution is 0.0374. The average Bonchev–Trinajstić information content (AvgIpc) is 2.69. The number of aromatic amines is 1. The Morgan fingerprint density at radius 3 is 2.82 bits per heavy atom. The van der Waals surface area contributed by atoms with Gasteiger partial charge >= 0.3 is 5.69 Å². The largest absolute Gasteiger partial charge is 0.381 e. The smallest absolute Gasteiger partial charge is 0.343 e. The Kier molecular flexibility index (Phi) is 4.32. The van der Waals surface area contributed by atoms with Crippen LogP contribution >= 0.6 is 27.7 Å². The molecule has 0 radical (unpaired) electrons. The molecule has 0 atom stereocenters. The second kappa shape index (κ2) is 5.58. The van der Waals surface area contributed by atoms with Crippen LogP contribution in [0.4, 0.5) is 0 Å². The number of nitrogens with one attached hydrogen (secondary N) is 1. The van der Waals surface area contributed by atoms with Crippen molar-refractivity contribution in [2.24, 2.45) is 12.5 Å². The average molecular weight is 322 g/mol. The van der Waals surface area contributed by atoms with E-state index in [2.05, 4.69) is 26.1 Å². The highest BCUT2D eigenvalue weighted by Gasteiger charge is 2.32. The van der Waals surface area contributed by atoms with Gasteiger partial charge in [-0.1, -0.05) is 27.7 Å². The molecule has 17 heavy (non-hydrogen) atoms. The minimum atomic E-state index is -0.160. The summed E-state index contributed by atoms with van der Waals surface area (Å²) in [4.78, 5) is 11.2. The summed E-state index contributed by atoms with van der Waals surface area (Å²) in [6, 6.07) is 0. The summed E-state index contributed by atoms with van der Waals surface area (Å²) in [7, 11) is 1.74. The van der Waals surface area contributed by atoms with Gasteiger partial charge in [-0.2, -0.15) is 0 Å². The molecule has 1 saturated heterocycles. The summed E-state index contributed by atoms with van der Waals surface area (Å²) in [5.41, 5.74) is 0.102. The van der Waals surface area contributed by atoms with E-state index in [4.69, 9.17) is 4.74 Å². The van der Waals surface area contributed by atoms with E-state index in [-0.39, 0.29) is 11.1 Å². The molecule has 1 fully saturated rings. The van der Waals surface area contributed by atoms with Crippen molar-refractivity contribution in [3.05, 3.63) is 10.5 Å². The molecule has 5 nitrogen and oxygen atoms in total. The number of hydrogen-bond acceptors (Lipinski definition) is 4. The van der Waals surface area contributed by atoms with E-state index in [1.165, 1.54) is 0 Å². The lowest BCUT2D eigenvalue weighted by Gasteiger charge is -2.35. The molecular weight excluding hydrogens is 306 g/mol. The SMILES string of the molecule is Cn1c(SCC2(CBr)CCOCC2)n[nH]c1=O. The highest BCUT2D eigenvalue weighted by atomic mass is 79.9. The third-order valence-electron chi connectivity index (χ3n) is 3.18. The molecule has 0 amide bonds. The molecule has 1 aliphatic rings. The maximum Gasteiger partial charge on any atom is 0.343 e. The minimum absolute atomic E-state index is 0.160. The molecule has 0 unspecified atom stereocenters. The van der Waals surface area contributed by atoms with Gasteiger partial charge < -0.3 is 4.74 Å². The number of halogens is 1. The second-order valence-corrected chi connectivity index (χ2v) is 5.91. The first kappa shape index (κ1) is 13.2. The Labute approximate surface area is 112 Å². The van der Waals surface area contributed by atoms with Crippen molar-refractivity contribution in [2.45, 2.75) is 18.0 Å². The third kappa shape index (κ3) is 2.95. The van der Waals surface area contributed by atoms with Gasteiger partial charge in [0, 0.05) is 31.3 Å². The van der Waals surface area contributed by atoms with Crippen LogP contribution in [0.2, 0.25) is 0 Å². The molecule has 0 saturated carbocycles. The Balaban J connectivity index is 2.00. The first-order valence-corrected chi connectivity index (χ1v) is 7.65. The maximum absolute atomic E-state index is 11.2. The van der Waals surface area contributed by atoms with Crippen molar-refractivity contribution >= 4 is 27.7 Å². The zero-order valence-electron chi connectivity index (χ0n) is 9.74. The fourth-order valence-corrected chi connectivity index (χ4v) is 4.03. The number of rotatable bonds is 4. The molecule has 0 aliphatic carbocycles. The fraction of sp³-hybridized carbons (Fsp3) is 0.800. The Morgan fingerprint density at radius 2 is 2.29 bits per heavy atom. The van der Waals surface area contributed by atoms with E-state index in [1.54, 1.807) is 23.4 Å². The van der Waals surface area contributed by atoms with Crippen molar-refractivity contribution in [1.29, 1.82) is 0 Å². The van der Waals surface area contributed by atoms with E-state index in [1.807, 2.05) is 0 Å². The van der Waals surface area contributed by atoms with Gasteiger partial charge in [0.2, 0.25) is 0 Å². The monoisotopic (exact) mass is 321 g/mol. The van der Waals surface area contributed by atoms with E-state index in [0.29, 0.717) is 0 Å². The molecule has 96 valence electrons. The molecule has 1 aromatic rings. The van der Waals surface area contributed by atoms with E-state index in [9.17, 15) is 4.79 Å². The van der Waals surface area contributed by atoms with E-state index in [0.717, 1.165) is 42.3 Å². The van der Waals surface area contributed by atoms with Crippen LogP contribution < -0.4 is 5.69 Å². The van der Waals surface area contributed by atoms with Gasteiger partial charge in [0.25, 0.3) is 0 Å². The van der Waals surface area contributed by atoms with Crippen molar-refractivity contribution in [3.63, 3.8) is 0 Å². The summed E-state index contributed by atoms with van der Waals surface area (Å²) in [5, 5.41) is 8.18. The minimum Gasteiger partial charge on any atom is -0.381 e. The van der Waals surface area contributed by atoms with Crippen LogP contribution in [0.15, 0.2) is 9.95 Å². The fourth-order valence-electron chi connectivity index (χ4n) is 1.80. The highest BCUT2D eigenvalue weighted by molar-refractivity contribution is 9.09. The Morgan fingerprint density at radius 1 is 1.59 bits per heavy atom. The predicted octanol–water partition coefficient (Wildman–Crippen LogP) is 1.39. The Bertz CT molecular complexity index is 425. The van der Waals surface area contributed by atoms with Crippen LogP contribution in [0.5, 0.6) is 0 Å². The van der Waals surface area contributed by atoms with Crippen LogP contribution in [0, 0.1) is 5.41 Å². The molecule has 1 aromatic heterocycles. The number of alkyl halides is 1. The lowest BCUT2D eigenvalue weighted by atomic mass is 9.85. The molecule has 0 aromatic carbocycles. The molecule has 2 heterocycles. The molecule has 0 spiro atoms. The van der Waals surface area contributed by atoms with Gasteiger partial charge in [-0.15, -0.1) is 5.10 Å². The zero-order chi connectivity index (χ0) is 12.3. The molecule has 2 rings (SSSR count). The molecule has 7 heteroatoms. The first-order valence-electron chi connectivity index (χ1n) is 5.55. The summed E-state index contributed by atoms with van der Waals surface area (Å²) < 4.78 is 6.95. The highest BCUT2D eigenvalue weighted by Crippen LogP contribution is 2.37. The number of hydrogen-bond donors (Lipinski definition) is 1. The van der Waals surface area contributed by atoms with Gasteiger partial charge in [0.1, 0.15) is 0 Å². The van der Waals surface area contributed by atoms with Crippen molar-refractivity contribution in [2.75, 3.05) is 24.3 Å². The number of H-pyrrole nitrogens is 1. The summed E-state index contributed by atoms with van der Waals surface area (Å²) in [6.07, 6.45) is 2.12. The van der Waals surface area contributed by atoms with E-state index < -0.39 is 0 Å². The van der Waals surface area contributed by atoms with Crippen molar-refractivity contribution in [3.8, 4) is 0 Å². The number of thioether (sulfide) groups is 1. The standard InChI is InChI=1S/C10H16BrN3O2S/c1-14-8(15)12-13-9(14)17-7-10(6-11)2-4-16-5-3-10/h2-7H2,1H3,(H,12,15). The number of ether oxygens (including phenoxy) is 1. The maximum atomic E-state index is 11.2. The predicted molar refractivity (Wildman–Crippen MR) is 70.8 cm³/mol. The van der Waals surface area contributed by atoms with E-state index >= 15 is 0 Å². The van der Waals surface area contributed by atoms with Crippen LogP contribution in [-0.4, -0.2) is 39.1 Å². The lowest BCUT2D eigenvalue weighted by Crippen LogP contribution is -2.33. The topological polar surface area (TPSA) is 59.9 Å². The van der Waals surface area contributed by atoms with Crippen LogP contribution in [-0.2, 0) is 11.8 Å². The number of aromatic nitrogens is 3. The second-order valence-electron chi connectivity index (χ2n) is 4.41. The normalized spacial score (nSPS) is 19.4. The summed E-state index contributed by atoms with van der Waals surface area (Å²) >= 11 is 5.23. The summed E-state index contributed by atoms with van der Waals surface area (Å²) in [6.45, 7) is 1.65. The van der Waals surface area contributed by atoms with Gasteiger partial charge in [-0.05, 0) is 18.3 Å². The Hall–Kier alpha value is -0.270.